The van der Waals surface area contributed by atoms with E-state index in [2.05, 4.69) is 4.98 Å². The molecule has 0 aliphatic carbocycles. The third-order valence-corrected chi connectivity index (χ3v) is 3.78. The summed E-state index contributed by atoms with van der Waals surface area (Å²) in [5.74, 6) is 0. The number of nitrogens with zero attached hydrogens (tertiary/aromatic N) is 2. The normalized spacial score (nSPS) is 20.8. The van der Waals surface area contributed by atoms with E-state index in [9.17, 15) is 0 Å². The molecule has 0 atom stereocenters. The SMILES string of the molecule is CC1(C)OB(c2cnc(C#N)c(Cl)c2)OC1(C)C. The van der Waals surface area contributed by atoms with Gasteiger partial charge in [0.2, 0.25) is 0 Å². The second-order valence-corrected chi connectivity index (χ2v) is 5.71. The van der Waals surface area contributed by atoms with Gasteiger partial charge < -0.3 is 9.31 Å². The highest BCUT2D eigenvalue weighted by atomic mass is 35.5. The van der Waals surface area contributed by atoms with Gasteiger partial charge in [-0.25, -0.2) is 4.98 Å². The van der Waals surface area contributed by atoms with Crippen LogP contribution in [0.2, 0.25) is 5.02 Å². The molecule has 0 amide bonds. The lowest BCUT2D eigenvalue weighted by atomic mass is 9.80. The Balaban J connectivity index is 2.31. The molecule has 1 aliphatic rings. The van der Waals surface area contributed by atoms with Crippen molar-refractivity contribution in [2.24, 2.45) is 0 Å². The summed E-state index contributed by atoms with van der Waals surface area (Å²) in [6, 6.07) is 3.58. The fourth-order valence-electron chi connectivity index (χ4n) is 1.64. The average Bonchev–Trinajstić information content (AvgIpc) is 2.48. The van der Waals surface area contributed by atoms with E-state index in [4.69, 9.17) is 26.2 Å². The van der Waals surface area contributed by atoms with Gasteiger partial charge in [0.15, 0.2) is 5.69 Å². The molecule has 2 heterocycles. The summed E-state index contributed by atoms with van der Waals surface area (Å²) in [5.41, 5.74) is 0.116. The zero-order valence-electron chi connectivity index (χ0n) is 10.8. The summed E-state index contributed by atoms with van der Waals surface area (Å²) in [5, 5.41) is 9.09. The van der Waals surface area contributed by atoms with Crippen LogP contribution in [0.4, 0.5) is 0 Å². The molecule has 1 aromatic heterocycles. The van der Waals surface area contributed by atoms with Gasteiger partial charge in [-0.05, 0) is 33.8 Å². The van der Waals surface area contributed by atoms with Gasteiger partial charge in [-0.15, -0.1) is 0 Å². The van der Waals surface area contributed by atoms with Crippen LogP contribution in [-0.4, -0.2) is 23.3 Å². The van der Waals surface area contributed by atoms with Crippen molar-refractivity contribution in [1.82, 2.24) is 4.98 Å². The van der Waals surface area contributed by atoms with Crippen LogP contribution in [0.5, 0.6) is 0 Å². The minimum absolute atomic E-state index is 0.205. The number of nitriles is 1. The third kappa shape index (κ3) is 2.12. The molecule has 1 fully saturated rings. The van der Waals surface area contributed by atoms with Crippen molar-refractivity contribution in [3.05, 3.63) is 23.0 Å². The highest BCUT2D eigenvalue weighted by Crippen LogP contribution is 2.36. The van der Waals surface area contributed by atoms with E-state index in [0.717, 1.165) is 5.46 Å². The van der Waals surface area contributed by atoms with Gasteiger partial charge in [-0.1, -0.05) is 11.6 Å². The van der Waals surface area contributed by atoms with Gasteiger partial charge in [-0.3, -0.25) is 0 Å². The lowest BCUT2D eigenvalue weighted by Crippen LogP contribution is -2.41. The van der Waals surface area contributed by atoms with E-state index in [0.29, 0.717) is 5.02 Å². The molecule has 1 saturated heterocycles. The zero-order valence-corrected chi connectivity index (χ0v) is 11.6. The van der Waals surface area contributed by atoms with E-state index in [1.54, 1.807) is 12.3 Å². The molecule has 0 N–H and O–H groups in total. The number of aromatic nitrogens is 1. The molecule has 0 bridgehead atoms. The maximum Gasteiger partial charge on any atom is 0.496 e. The first kappa shape index (κ1) is 13.3. The molecule has 1 aromatic rings. The predicted molar refractivity (Wildman–Crippen MR) is 69.7 cm³/mol. The van der Waals surface area contributed by atoms with Crippen molar-refractivity contribution in [3.8, 4) is 6.07 Å². The van der Waals surface area contributed by atoms with Gasteiger partial charge in [0.25, 0.3) is 0 Å². The Hall–Kier alpha value is -1.09. The molecular formula is C12H14BClN2O2. The van der Waals surface area contributed by atoms with Gasteiger partial charge in [0.05, 0.1) is 16.2 Å². The molecular weight excluding hydrogens is 250 g/mol. The summed E-state index contributed by atoms with van der Waals surface area (Å²) >= 11 is 5.95. The first-order chi connectivity index (χ1) is 8.27. The van der Waals surface area contributed by atoms with Crippen molar-refractivity contribution < 1.29 is 9.31 Å². The van der Waals surface area contributed by atoms with E-state index in [1.165, 1.54) is 0 Å². The van der Waals surface area contributed by atoms with Crippen LogP contribution < -0.4 is 5.46 Å². The van der Waals surface area contributed by atoms with Gasteiger partial charge in [0, 0.05) is 11.7 Å². The zero-order chi connectivity index (χ0) is 13.6. The Bertz CT molecular complexity index is 509. The van der Waals surface area contributed by atoms with Crippen molar-refractivity contribution >= 4 is 24.2 Å². The molecule has 4 nitrogen and oxygen atoms in total. The summed E-state index contributed by atoms with van der Waals surface area (Å²) in [6.07, 6.45) is 1.56. The fourth-order valence-corrected chi connectivity index (χ4v) is 1.86. The molecule has 94 valence electrons. The Labute approximate surface area is 112 Å². The molecule has 1 aliphatic heterocycles. The van der Waals surface area contributed by atoms with Gasteiger partial charge in [0.1, 0.15) is 6.07 Å². The van der Waals surface area contributed by atoms with Gasteiger partial charge >= 0.3 is 7.12 Å². The highest BCUT2D eigenvalue weighted by Gasteiger charge is 2.51. The van der Waals surface area contributed by atoms with Crippen molar-refractivity contribution in [3.63, 3.8) is 0 Å². The van der Waals surface area contributed by atoms with Crippen LogP contribution in [0.25, 0.3) is 0 Å². The fraction of sp³-hybridized carbons (Fsp3) is 0.500. The number of pyridine rings is 1. The molecule has 18 heavy (non-hydrogen) atoms. The summed E-state index contributed by atoms with van der Waals surface area (Å²) in [6.45, 7) is 7.91. The van der Waals surface area contributed by atoms with Crippen LogP contribution in [0.15, 0.2) is 12.3 Å². The lowest BCUT2D eigenvalue weighted by Gasteiger charge is -2.32. The Morgan fingerprint density at radius 1 is 1.28 bits per heavy atom. The number of rotatable bonds is 1. The maximum absolute atomic E-state index is 8.78. The predicted octanol–water partition coefficient (Wildman–Crippen LogP) is 1.91. The minimum atomic E-state index is -0.507. The van der Waals surface area contributed by atoms with Crippen LogP contribution in [0.1, 0.15) is 33.4 Å². The third-order valence-electron chi connectivity index (χ3n) is 3.49. The van der Waals surface area contributed by atoms with Crippen LogP contribution in [0, 0.1) is 11.3 Å². The van der Waals surface area contributed by atoms with Crippen LogP contribution in [0.3, 0.4) is 0 Å². The highest BCUT2D eigenvalue weighted by molar-refractivity contribution is 6.62. The summed E-state index contributed by atoms with van der Waals surface area (Å²) in [4.78, 5) is 3.98. The van der Waals surface area contributed by atoms with Crippen molar-refractivity contribution in [2.75, 3.05) is 0 Å². The summed E-state index contributed by atoms with van der Waals surface area (Å²) in [7, 11) is -0.507. The first-order valence-corrected chi connectivity index (χ1v) is 6.06. The molecule has 0 radical (unpaired) electrons. The average molecular weight is 265 g/mol. The smallest absolute Gasteiger partial charge is 0.399 e. The minimum Gasteiger partial charge on any atom is -0.399 e. The van der Waals surface area contributed by atoms with Crippen molar-refractivity contribution in [2.45, 2.75) is 38.9 Å². The second kappa shape index (κ2) is 4.23. The quantitative estimate of drug-likeness (QED) is 0.727. The van der Waals surface area contributed by atoms with Crippen LogP contribution in [-0.2, 0) is 9.31 Å². The topological polar surface area (TPSA) is 55.1 Å². The van der Waals surface area contributed by atoms with Crippen molar-refractivity contribution in [1.29, 1.82) is 5.26 Å². The lowest BCUT2D eigenvalue weighted by molar-refractivity contribution is 0.00578. The monoisotopic (exact) mass is 264 g/mol. The van der Waals surface area contributed by atoms with E-state index in [1.807, 2.05) is 33.8 Å². The number of hydrogen-bond donors (Lipinski definition) is 0. The second-order valence-electron chi connectivity index (χ2n) is 5.30. The molecule has 0 spiro atoms. The van der Waals surface area contributed by atoms with E-state index < -0.39 is 18.3 Å². The van der Waals surface area contributed by atoms with E-state index >= 15 is 0 Å². The first-order valence-electron chi connectivity index (χ1n) is 5.68. The molecule has 0 aromatic carbocycles. The number of halogens is 1. The standard InChI is InChI=1S/C12H14BClN2O2/c1-11(2)12(3,4)18-13(17-11)8-5-9(14)10(6-15)16-7-8/h5,7H,1-4H3. The van der Waals surface area contributed by atoms with E-state index in [-0.39, 0.29) is 5.69 Å². The largest absolute Gasteiger partial charge is 0.496 e. The molecule has 2 rings (SSSR count). The Morgan fingerprint density at radius 2 is 1.83 bits per heavy atom. The Kier molecular flexibility index (Phi) is 3.14. The maximum atomic E-state index is 8.78. The van der Waals surface area contributed by atoms with Crippen LogP contribution >= 0.6 is 11.6 Å². The molecule has 0 saturated carbocycles. The molecule has 6 heteroatoms. The Morgan fingerprint density at radius 3 is 2.28 bits per heavy atom. The summed E-state index contributed by atoms with van der Waals surface area (Å²) < 4.78 is 11.7. The molecule has 0 unspecified atom stereocenters. The number of hydrogen-bond acceptors (Lipinski definition) is 4. The van der Waals surface area contributed by atoms with Gasteiger partial charge in [-0.2, -0.15) is 5.26 Å².